The Morgan fingerprint density at radius 1 is 0.868 bits per heavy atom. The lowest BCUT2D eigenvalue weighted by atomic mass is 10.1. The van der Waals surface area contributed by atoms with Crippen molar-refractivity contribution in [2.75, 3.05) is 19.6 Å². The molecule has 1 heterocycles. The molecule has 17 heteroatoms. The van der Waals surface area contributed by atoms with E-state index in [1.54, 1.807) is 0 Å². The van der Waals surface area contributed by atoms with Gasteiger partial charge in [0.1, 0.15) is 18.1 Å². The summed E-state index contributed by atoms with van der Waals surface area (Å²) < 4.78 is 0. The minimum Gasteiger partial charge on any atom is -0.481 e. The van der Waals surface area contributed by atoms with Crippen LogP contribution in [0.3, 0.4) is 0 Å². The Labute approximate surface area is 219 Å². The number of hydrogen-bond donors (Lipinski definition) is 9. The summed E-state index contributed by atoms with van der Waals surface area (Å²) in [5.74, 6) is -4.99. The topological polar surface area (TPSA) is 308 Å². The Morgan fingerprint density at radius 2 is 1.39 bits per heavy atom. The number of likely N-dealkylation sites (tertiary alicyclic amines) is 1. The molecule has 0 aromatic heterocycles. The van der Waals surface area contributed by atoms with Crippen molar-refractivity contribution in [1.82, 2.24) is 15.5 Å². The van der Waals surface area contributed by atoms with E-state index < -0.39 is 60.2 Å². The van der Waals surface area contributed by atoms with Crippen molar-refractivity contribution >= 4 is 41.6 Å². The molecular weight excluding hydrogens is 504 g/mol. The lowest BCUT2D eigenvalue weighted by Gasteiger charge is -2.29. The monoisotopic (exact) mass is 542 g/mol. The number of guanidine groups is 2. The van der Waals surface area contributed by atoms with Crippen LogP contribution in [-0.4, -0.2) is 100 Å². The molecule has 0 spiro atoms. The van der Waals surface area contributed by atoms with E-state index in [1.807, 2.05) is 0 Å². The number of aliphatic imine (C=N–C) groups is 2. The average molecular weight is 543 g/mol. The predicted octanol–water partition coefficient (Wildman–Crippen LogP) is -4.06. The summed E-state index contributed by atoms with van der Waals surface area (Å²) in [5.41, 5.74) is 26.9. The van der Waals surface area contributed by atoms with Crippen LogP contribution in [0.15, 0.2) is 9.98 Å². The third-order valence-corrected chi connectivity index (χ3v) is 5.69. The number of nitrogens with two attached hydrogens (primary N) is 5. The van der Waals surface area contributed by atoms with Crippen molar-refractivity contribution in [3.8, 4) is 0 Å². The first-order valence-corrected chi connectivity index (χ1v) is 12.1. The highest BCUT2D eigenvalue weighted by Crippen LogP contribution is 2.20. The standard InChI is InChI=1S/C21H38N10O7/c22-11(10-15(32)33)16(34)29-12(4-1-7-27-20(23)24)17(35)30-13(5-2-8-28-21(25)26)18(36)31-9-3-6-14(31)19(37)38/h11-14H,1-10,22H2,(H,29,34)(H,30,35)(H,32,33)(H,37,38)(H4,23,24,27)(H4,25,26,28). The molecule has 4 unspecified atom stereocenters. The number of carboxylic acids is 2. The van der Waals surface area contributed by atoms with E-state index in [1.165, 1.54) is 4.90 Å². The summed E-state index contributed by atoms with van der Waals surface area (Å²) in [6, 6.07) is -4.79. The van der Waals surface area contributed by atoms with E-state index in [-0.39, 0.29) is 63.7 Å². The van der Waals surface area contributed by atoms with Gasteiger partial charge in [0, 0.05) is 19.6 Å². The van der Waals surface area contributed by atoms with Crippen LogP contribution in [0, 0.1) is 0 Å². The van der Waals surface area contributed by atoms with E-state index in [0.717, 1.165) is 0 Å². The second kappa shape index (κ2) is 15.9. The molecule has 1 aliphatic rings. The number of nitrogens with zero attached hydrogens (tertiary/aromatic N) is 3. The van der Waals surface area contributed by atoms with Crippen molar-refractivity contribution in [2.24, 2.45) is 38.7 Å². The third kappa shape index (κ3) is 11.3. The first kappa shape index (κ1) is 31.9. The van der Waals surface area contributed by atoms with Gasteiger partial charge in [-0.3, -0.25) is 29.2 Å². The number of hydrogen-bond acceptors (Lipinski definition) is 8. The molecule has 14 N–H and O–H groups in total. The van der Waals surface area contributed by atoms with Gasteiger partial charge in [0.2, 0.25) is 17.7 Å². The molecular formula is C21H38N10O7. The maximum absolute atomic E-state index is 13.3. The van der Waals surface area contributed by atoms with Gasteiger partial charge in [-0.05, 0) is 38.5 Å². The van der Waals surface area contributed by atoms with Gasteiger partial charge in [0.05, 0.1) is 12.5 Å². The van der Waals surface area contributed by atoms with E-state index >= 15 is 0 Å². The van der Waals surface area contributed by atoms with Crippen molar-refractivity contribution in [3.05, 3.63) is 0 Å². The average Bonchev–Trinajstić information content (AvgIpc) is 3.31. The smallest absolute Gasteiger partial charge is 0.326 e. The van der Waals surface area contributed by atoms with Crippen LogP contribution in [0.1, 0.15) is 44.9 Å². The van der Waals surface area contributed by atoms with Crippen LogP contribution in [0.25, 0.3) is 0 Å². The molecule has 0 saturated carbocycles. The maximum Gasteiger partial charge on any atom is 0.326 e. The van der Waals surface area contributed by atoms with Crippen LogP contribution in [-0.2, 0) is 24.0 Å². The van der Waals surface area contributed by atoms with Gasteiger partial charge >= 0.3 is 11.9 Å². The Hall–Kier alpha value is -4.15. The molecule has 4 atom stereocenters. The zero-order chi connectivity index (χ0) is 28.8. The fourth-order valence-corrected chi connectivity index (χ4v) is 3.85. The van der Waals surface area contributed by atoms with Crippen LogP contribution in [0.5, 0.6) is 0 Å². The maximum atomic E-state index is 13.3. The number of carbonyl (C=O) groups excluding carboxylic acids is 3. The van der Waals surface area contributed by atoms with Crippen LogP contribution in [0.4, 0.5) is 0 Å². The molecule has 214 valence electrons. The van der Waals surface area contributed by atoms with Crippen LogP contribution >= 0.6 is 0 Å². The zero-order valence-electron chi connectivity index (χ0n) is 21.0. The Morgan fingerprint density at radius 3 is 1.89 bits per heavy atom. The summed E-state index contributed by atoms with van der Waals surface area (Å²) in [4.78, 5) is 70.3. The van der Waals surface area contributed by atoms with Crippen molar-refractivity contribution in [2.45, 2.75) is 69.1 Å². The molecule has 1 rings (SSSR count). The number of carbonyl (C=O) groups is 5. The normalized spacial score (nSPS) is 17.0. The second-order valence-corrected chi connectivity index (χ2v) is 8.75. The van der Waals surface area contributed by atoms with Crippen LogP contribution in [0.2, 0.25) is 0 Å². The molecule has 38 heavy (non-hydrogen) atoms. The molecule has 1 aliphatic heterocycles. The predicted molar refractivity (Wildman–Crippen MR) is 136 cm³/mol. The molecule has 0 aliphatic carbocycles. The summed E-state index contributed by atoms with van der Waals surface area (Å²) in [6.07, 6.45) is 0.752. The van der Waals surface area contributed by atoms with Gasteiger partial charge in [-0.25, -0.2) is 4.79 Å². The highest BCUT2D eigenvalue weighted by atomic mass is 16.4. The van der Waals surface area contributed by atoms with Crippen LogP contribution < -0.4 is 39.3 Å². The molecule has 0 aromatic rings. The molecule has 1 fully saturated rings. The zero-order valence-corrected chi connectivity index (χ0v) is 21.0. The Kier molecular flexibility index (Phi) is 13.3. The molecule has 0 bridgehead atoms. The van der Waals surface area contributed by atoms with Gasteiger partial charge in [-0.2, -0.15) is 0 Å². The highest BCUT2D eigenvalue weighted by molar-refractivity contribution is 5.95. The summed E-state index contributed by atoms with van der Waals surface area (Å²) in [6.45, 7) is 0.504. The first-order chi connectivity index (χ1) is 17.8. The second-order valence-electron chi connectivity index (χ2n) is 8.75. The lowest BCUT2D eigenvalue weighted by Crippen LogP contribution is -2.57. The summed E-state index contributed by atoms with van der Waals surface area (Å²) in [7, 11) is 0. The molecule has 17 nitrogen and oxygen atoms in total. The fraction of sp³-hybridized carbons (Fsp3) is 0.667. The number of carboxylic acid groups (broad SMARTS) is 2. The lowest BCUT2D eigenvalue weighted by molar-refractivity contribution is -0.149. The summed E-state index contributed by atoms with van der Waals surface area (Å²) >= 11 is 0. The van der Waals surface area contributed by atoms with Crippen molar-refractivity contribution in [3.63, 3.8) is 0 Å². The minimum atomic E-state index is -1.42. The molecule has 0 radical (unpaired) electrons. The highest BCUT2D eigenvalue weighted by Gasteiger charge is 2.38. The van der Waals surface area contributed by atoms with E-state index in [2.05, 4.69) is 20.6 Å². The molecule has 0 aromatic carbocycles. The van der Waals surface area contributed by atoms with E-state index in [0.29, 0.717) is 6.42 Å². The quantitative estimate of drug-likeness (QED) is 0.0511. The minimum absolute atomic E-state index is 0.0323. The molecule has 3 amide bonds. The SMILES string of the molecule is NC(N)=NCCCC(NC(=O)C(N)CC(=O)O)C(=O)NC(CCCN=C(N)N)C(=O)N1CCCC1C(=O)O. The van der Waals surface area contributed by atoms with Crippen molar-refractivity contribution < 1.29 is 34.2 Å². The Balaban J connectivity index is 3.08. The van der Waals surface area contributed by atoms with Gasteiger partial charge in [-0.15, -0.1) is 0 Å². The fourth-order valence-electron chi connectivity index (χ4n) is 3.85. The Bertz CT molecular complexity index is 918. The van der Waals surface area contributed by atoms with Gasteiger partial charge in [0.15, 0.2) is 11.9 Å². The number of amides is 3. The third-order valence-electron chi connectivity index (χ3n) is 5.69. The number of nitrogens with one attached hydrogen (secondary N) is 2. The van der Waals surface area contributed by atoms with E-state index in [9.17, 15) is 29.1 Å². The molecule has 1 saturated heterocycles. The first-order valence-electron chi connectivity index (χ1n) is 12.1. The number of rotatable bonds is 16. The number of aliphatic carboxylic acids is 2. The largest absolute Gasteiger partial charge is 0.481 e. The van der Waals surface area contributed by atoms with Gasteiger partial charge in [0.25, 0.3) is 0 Å². The van der Waals surface area contributed by atoms with E-state index in [4.69, 9.17) is 33.8 Å². The van der Waals surface area contributed by atoms with Gasteiger partial charge in [-0.1, -0.05) is 0 Å². The summed E-state index contributed by atoms with van der Waals surface area (Å²) in [5, 5.41) is 23.4. The van der Waals surface area contributed by atoms with Crippen molar-refractivity contribution in [1.29, 1.82) is 0 Å². The van der Waals surface area contributed by atoms with Gasteiger partial charge < -0.3 is 54.4 Å².